The number of nitrogens with zero attached hydrogens (tertiary/aromatic N) is 1. The molecule has 1 aliphatic heterocycles. The van der Waals surface area contributed by atoms with E-state index in [0.717, 1.165) is 12.1 Å². The molecule has 2 aromatic rings. The minimum atomic E-state index is -4.46. The first-order valence-corrected chi connectivity index (χ1v) is 11.6. The molecule has 0 saturated heterocycles. The Morgan fingerprint density at radius 3 is 2.42 bits per heavy atom. The number of halogens is 3. The van der Waals surface area contributed by atoms with Crippen molar-refractivity contribution in [3.05, 3.63) is 53.6 Å². The number of hydrogen-bond acceptors (Lipinski definition) is 5. The van der Waals surface area contributed by atoms with Gasteiger partial charge in [0.05, 0.1) is 24.6 Å². The number of nitrogens with one attached hydrogen (secondary N) is 3. The van der Waals surface area contributed by atoms with Crippen LogP contribution in [-0.2, 0) is 17.4 Å². The number of urea groups is 1. The van der Waals surface area contributed by atoms with Crippen molar-refractivity contribution >= 4 is 23.3 Å². The maximum atomic E-state index is 13.1. The van der Waals surface area contributed by atoms with Gasteiger partial charge in [0.15, 0.2) is 0 Å². The number of aliphatic hydroxyl groups is 1. The van der Waals surface area contributed by atoms with Gasteiger partial charge in [-0.05, 0) is 56.4 Å². The summed E-state index contributed by atoms with van der Waals surface area (Å²) in [5, 5.41) is 17.9. The Morgan fingerprint density at radius 2 is 1.81 bits per heavy atom. The molecule has 3 atom stereocenters. The standard InChI is InChI=1S/C25H31F3N4O4/c1-15-13-32(16(2)14-33)23(34)11-17-10-20(8-9-21(17)36-22(15)12-29-3)31-24(35)30-19-6-4-18(5-7-19)25(26,27)28/h4-10,15-16,22,29,33H,11-14H2,1-3H3,(H2,30,31,35)/t15-,16+,22-/m0/s1. The molecule has 4 N–H and O–H groups in total. The molecule has 0 unspecified atom stereocenters. The molecule has 3 rings (SSSR count). The van der Waals surface area contributed by atoms with Gasteiger partial charge < -0.3 is 30.7 Å². The van der Waals surface area contributed by atoms with Crippen molar-refractivity contribution in [3.63, 3.8) is 0 Å². The number of benzene rings is 2. The molecular formula is C25H31F3N4O4. The number of alkyl halides is 3. The molecule has 1 heterocycles. The van der Waals surface area contributed by atoms with E-state index in [9.17, 15) is 27.9 Å². The fraction of sp³-hybridized carbons (Fsp3) is 0.440. The summed E-state index contributed by atoms with van der Waals surface area (Å²) in [6, 6.07) is 8.02. The second-order valence-electron chi connectivity index (χ2n) is 8.92. The van der Waals surface area contributed by atoms with Crippen LogP contribution < -0.4 is 20.7 Å². The summed E-state index contributed by atoms with van der Waals surface area (Å²) >= 11 is 0. The highest BCUT2D eigenvalue weighted by Crippen LogP contribution is 2.31. The van der Waals surface area contributed by atoms with Crippen molar-refractivity contribution in [1.82, 2.24) is 10.2 Å². The third-order valence-electron chi connectivity index (χ3n) is 6.05. The van der Waals surface area contributed by atoms with E-state index in [-0.39, 0.29) is 42.7 Å². The minimum absolute atomic E-state index is 0.00864. The molecule has 3 amide bonds. The maximum absolute atomic E-state index is 13.1. The van der Waals surface area contributed by atoms with Crippen LogP contribution in [0.2, 0.25) is 0 Å². The zero-order valence-electron chi connectivity index (χ0n) is 20.4. The topological polar surface area (TPSA) is 103 Å². The molecule has 8 nitrogen and oxygen atoms in total. The molecule has 0 bridgehead atoms. The number of fused-ring (bicyclic) bond motifs is 1. The first kappa shape index (κ1) is 27.3. The van der Waals surface area contributed by atoms with Crippen LogP contribution in [0.1, 0.15) is 25.0 Å². The SMILES string of the molecule is CNC[C@@H]1Oc2ccc(NC(=O)Nc3ccc(C(F)(F)F)cc3)cc2CC(=O)N([C@H](C)CO)C[C@@H]1C. The highest BCUT2D eigenvalue weighted by molar-refractivity contribution is 6.00. The van der Waals surface area contributed by atoms with Crippen LogP contribution in [0.4, 0.5) is 29.3 Å². The smallest absolute Gasteiger partial charge is 0.416 e. The zero-order valence-corrected chi connectivity index (χ0v) is 20.4. The van der Waals surface area contributed by atoms with Crippen molar-refractivity contribution < 1.29 is 32.6 Å². The molecule has 2 aromatic carbocycles. The second-order valence-corrected chi connectivity index (χ2v) is 8.92. The average Bonchev–Trinajstić information content (AvgIpc) is 2.86. The van der Waals surface area contributed by atoms with Gasteiger partial charge in [-0.3, -0.25) is 4.79 Å². The van der Waals surface area contributed by atoms with Crippen molar-refractivity contribution in [2.24, 2.45) is 5.92 Å². The number of anilines is 2. The van der Waals surface area contributed by atoms with Crippen LogP contribution in [0.5, 0.6) is 5.75 Å². The van der Waals surface area contributed by atoms with Gasteiger partial charge in [-0.25, -0.2) is 4.79 Å². The minimum Gasteiger partial charge on any atom is -0.488 e. The number of amides is 3. The average molecular weight is 509 g/mol. The Labute approximate surface area is 207 Å². The number of aliphatic hydroxyl groups excluding tert-OH is 1. The number of rotatable bonds is 6. The zero-order chi connectivity index (χ0) is 26.5. The second kappa shape index (κ2) is 11.6. The van der Waals surface area contributed by atoms with Crippen molar-refractivity contribution in [1.29, 1.82) is 0 Å². The van der Waals surface area contributed by atoms with E-state index >= 15 is 0 Å². The maximum Gasteiger partial charge on any atom is 0.416 e. The van der Waals surface area contributed by atoms with E-state index in [2.05, 4.69) is 16.0 Å². The predicted octanol–water partition coefficient (Wildman–Crippen LogP) is 3.72. The van der Waals surface area contributed by atoms with E-state index in [0.29, 0.717) is 30.1 Å². The molecule has 36 heavy (non-hydrogen) atoms. The summed E-state index contributed by atoms with van der Waals surface area (Å²) in [7, 11) is 1.81. The Morgan fingerprint density at radius 1 is 1.17 bits per heavy atom. The third kappa shape index (κ3) is 6.88. The van der Waals surface area contributed by atoms with Crippen molar-refractivity contribution in [2.45, 2.75) is 38.6 Å². The molecule has 0 radical (unpaired) electrons. The summed E-state index contributed by atoms with van der Waals surface area (Å²) in [5.74, 6) is 0.320. The summed E-state index contributed by atoms with van der Waals surface area (Å²) in [6.45, 7) is 4.56. The molecule has 0 aliphatic carbocycles. The highest BCUT2D eigenvalue weighted by atomic mass is 19.4. The van der Waals surface area contributed by atoms with Crippen molar-refractivity contribution in [2.75, 3.05) is 37.4 Å². The number of hydrogen-bond donors (Lipinski definition) is 4. The lowest BCUT2D eigenvalue weighted by atomic mass is 10.0. The monoisotopic (exact) mass is 508 g/mol. The van der Waals surface area contributed by atoms with Crippen LogP contribution in [0.3, 0.4) is 0 Å². The highest BCUT2D eigenvalue weighted by Gasteiger charge is 2.31. The van der Waals surface area contributed by atoms with Crippen LogP contribution in [0.25, 0.3) is 0 Å². The summed E-state index contributed by atoms with van der Waals surface area (Å²) < 4.78 is 44.5. The summed E-state index contributed by atoms with van der Waals surface area (Å²) in [4.78, 5) is 27.2. The first-order valence-electron chi connectivity index (χ1n) is 11.6. The Bertz CT molecular complexity index is 1060. The number of carbonyl (C=O) groups is 2. The van der Waals surface area contributed by atoms with Crippen LogP contribution >= 0.6 is 0 Å². The largest absolute Gasteiger partial charge is 0.488 e. The van der Waals surface area contributed by atoms with Crippen LogP contribution in [-0.4, -0.2) is 60.8 Å². The lowest BCUT2D eigenvalue weighted by molar-refractivity contribution is -0.137. The van der Waals surface area contributed by atoms with E-state index in [1.807, 2.05) is 14.0 Å². The number of likely N-dealkylation sites (N-methyl/N-ethyl adjacent to an activating group) is 1. The lowest BCUT2D eigenvalue weighted by Crippen LogP contribution is -2.47. The Balaban J connectivity index is 1.80. The number of carbonyl (C=O) groups excluding carboxylic acids is 2. The van der Waals surface area contributed by atoms with E-state index in [4.69, 9.17) is 4.74 Å². The van der Waals surface area contributed by atoms with E-state index in [1.54, 1.807) is 30.0 Å². The molecule has 196 valence electrons. The molecule has 0 aromatic heterocycles. The quantitative estimate of drug-likeness (QED) is 0.477. The van der Waals surface area contributed by atoms with Gasteiger partial charge in [0.25, 0.3) is 0 Å². The van der Waals surface area contributed by atoms with E-state index < -0.39 is 17.8 Å². The van der Waals surface area contributed by atoms with Crippen molar-refractivity contribution in [3.8, 4) is 5.75 Å². The normalized spacial score (nSPS) is 19.3. The van der Waals surface area contributed by atoms with Gasteiger partial charge in [0.1, 0.15) is 11.9 Å². The van der Waals surface area contributed by atoms with Gasteiger partial charge in [-0.15, -0.1) is 0 Å². The van der Waals surface area contributed by atoms with Crippen LogP contribution in [0.15, 0.2) is 42.5 Å². The van der Waals surface area contributed by atoms with Gasteiger partial charge in [0, 0.05) is 35.9 Å². The fourth-order valence-corrected chi connectivity index (χ4v) is 3.99. The molecule has 1 aliphatic rings. The van der Waals surface area contributed by atoms with Gasteiger partial charge in [0.2, 0.25) is 5.91 Å². The Kier molecular flexibility index (Phi) is 8.80. The molecule has 0 spiro atoms. The van der Waals surface area contributed by atoms with Gasteiger partial charge >= 0.3 is 12.2 Å². The fourth-order valence-electron chi connectivity index (χ4n) is 3.99. The molecule has 0 fully saturated rings. The predicted molar refractivity (Wildman–Crippen MR) is 130 cm³/mol. The van der Waals surface area contributed by atoms with Crippen LogP contribution in [0, 0.1) is 5.92 Å². The lowest BCUT2D eigenvalue weighted by Gasteiger charge is -2.32. The van der Waals surface area contributed by atoms with Gasteiger partial charge in [-0.1, -0.05) is 6.92 Å². The summed E-state index contributed by atoms with van der Waals surface area (Å²) in [5.41, 5.74) is 0.330. The molecule has 11 heteroatoms. The molecular weight excluding hydrogens is 477 g/mol. The summed E-state index contributed by atoms with van der Waals surface area (Å²) in [6.07, 6.45) is -4.70. The third-order valence-corrected chi connectivity index (χ3v) is 6.05. The first-order chi connectivity index (χ1) is 17.0. The number of ether oxygens (including phenoxy) is 1. The van der Waals surface area contributed by atoms with E-state index in [1.165, 1.54) is 12.1 Å². The Hall–Kier alpha value is -3.31. The van der Waals surface area contributed by atoms with Gasteiger partial charge in [-0.2, -0.15) is 13.2 Å². The molecule has 0 saturated carbocycles.